The number of likely N-dealkylation sites (tertiary alicyclic amines) is 1. The second-order valence-electron chi connectivity index (χ2n) is 6.85. The third-order valence-electron chi connectivity index (χ3n) is 4.78. The Bertz CT molecular complexity index is 888. The maximum atomic E-state index is 12.3. The summed E-state index contributed by atoms with van der Waals surface area (Å²) in [7, 11) is 0. The molecule has 2 aromatic carbocycles. The molecule has 3 rings (SSSR count). The quantitative estimate of drug-likeness (QED) is 0.322. The van der Waals surface area contributed by atoms with Crippen LogP contribution >= 0.6 is 11.8 Å². The number of nitrogens with one attached hydrogen (secondary N) is 2. The van der Waals surface area contributed by atoms with Crippen LogP contribution in [-0.2, 0) is 11.3 Å². The van der Waals surface area contributed by atoms with E-state index >= 15 is 0 Å². The van der Waals surface area contributed by atoms with Crippen molar-refractivity contribution in [1.29, 1.82) is 5.26 Å². The van der Waals surface area contributed by atoms with Gasteiger partial charge in [0.15, 0.2) is 11.4 Å². The average molecular weight is 424 g/mol. The van der Waals surface area contributed by atoms with Gasteiger partial charge >= 0.3 is 6.09 Å². The lowest BCUT2D eigenvalue weighted by molar-refractivity contribution is 0.0882. The number of thioether (sulfide) groups is 1. The maximum Gasteiger partial charge on any atom is 0.410 e. The van der Waals surface area contributed by atoms with Crippen molar-refractivity contribution in [2.75, 3.05) is 24.7 Å². The lowest BCUT2D eigenvalue weighted by Gasteiger charge is -2.32. The predicted octanol–water partition coefficient (Wildman–Crippen LogP) is 4.32. The Hall–Kier alpha value is -3.18. The molecule has 30 heavy (non-hydrogen) atoms. The minimum absolute atomic E-state index is 0.255. The summed E-state index contributed by atoms with van der Waals surface area (Å²) in [4.78, 5) is 18.4. The molecule has 1 aliphatic heterocycles. The summed E-state index contributed by atoms with van der Waals surface area (Å²) in [5.74, 6) is 0. The summed E-state index contributed by atoms with van der Waals surface area (Å²) in [5.41, 5.74) is 2.78. The molecule has 1 amide bonds. The first-order valence-corrected chi connectivity index (χ1v) is 11.0. The highest BCUT2D eigenvalue weighted by Gasteiger charge is 2.23. The van der Waals surface area contributed by atoms with Crippen molar-refractivity contribution in [1.82, 2.24) is 10.2 Å². The minimum atomic E-state index is -0.255. The van der Waals surface area contributed by atoms with Crippen molar-refractivity contribution in [2.45, 2.75) is 25.5 Å². The Morgan fingerprint density at radius 3 is 2.53 bits per heavy atom. The number of anilines is 1. The summed E-state index contributed by atoms with van der Waals surface area (Å²) in [6.45, 7) is 1.64. The average Bonchev–Trinajstić information content (AvgIpc) is 2.79. The summed E-state index contributed by atoms with van der Waals surface area (Å²) < 4.78 is 5.42. The first-order chi connectivity index (χ1) is 14.7. The van der Waals surface area contributed by atoms with Gasteiger partial charge in [-0.2, -0.15) is 5.26 Å². The number of hydrogen-bond donors (Lipinski definition) is 2. The van der Waals surface area contributed by atoms with E-state index in [1.807, 2.05) is 67.0 Å². The van der Waals surface area contributed by atoms with Gasteiger partial charge in [-0.05, 0) is 48.9 Å². The van der Waals surface area contributed by atoms with Crippen molar-refractivity contribution in [2.24, 2.45) is 4.99 Å². The number of nitrogens with zero attached hydrogens (tertiary/aromatic N) is 3. The van der Waals surface area contributed by atoms with Crippen molar-refractivity contribution in [3.63, 3.8) is 0 Å². The number of benzene rings is 2. The van der Waals surface area contributed by atoms with Crippen LogP contribution in [0.1, 0.15) is 18.4 Å². The Morgan fingerprint density at radius 1 is 1.20 bits per heavy atom. The van der Waals surface area contributed by atoms with Gasteiger partial charge in [0.05, 0.1) is 5.69 Å². The van der Waals surface area contributed by atoms with E-state index < -0.39 is 0 Å². The second kappa shape index (κ2) is 11.1. The fourth-order valence-corrected chi connectivity index (χ4v) is 3.52. The minimum Gasteiger partial charge on any atom is -0.445 e. The number of amidine groups is 1. The molecule has 0 bridgehead atoms. The summed E-state index contributed by atoms with van der Waals surface area (Å²) in [5, 5.41) is 15.3. The molecule has 2 aromatic rings. The van der Waals surface area contributed by atoms with Gasteiger partial charge in [-0.15, -0.1) is 0 Å². The zero-order chi connectivity index (χ0) is 21.2. The van der Waals surface area contributed by atoms with E-state index in [9.17, 15) is 4.79 Å². The van der Waals surface area contributed by atoms with Crippen molar-refractivity contribution in [3.8, 4) is 6.19 Å². The van der Waals surface area contributed by atoms with E-state index in [0.717, 1.165) is 29.8 Å². The van der Waals surface area contributed by atoms with Crippen molar-refractivity contribution in [3.05, 3.63) is 60.2 Å². The molecule has 0 aromatic heterocycles. The number of ether oxygens (including phenoxy) is 1. The molecule has 1 heterocycles. The van der Waals surface area contributed by atoms with Crippen LogP contribution in [0.4, 0.5) is 16.2 Å². The number of carbonyl (C=O) groups is 1. The molecule has 0 radical (unpaired) electrons. The van der Waals surface area contributed by atoms with Gasteiger partial charge in [-0.1, -0.05) is 42.1 Å². The number of rotatable bonds is 5. The van der Waals surface area contributed by atoms with Gasteiger partial charge in [0, 0.05) is 24.8 Å². The van der Waals surface area contributed by atoms with Gasteiger partial charge in [0.25, 0.3) is 0 Å². The van der Waals surface area contributed by atoms with E-state index in [2.05, 4.69) is 15.6 Å². The van der Waals surface area contributed by atoms with Crippen LogP contribution in [0, 0.1) is 11.5 Å². The maximum absolute atomic E-state index is 12.3. The Morgan fingerprint density at radius 2 is 1.90 bits per heavy atom. The van der Waals surface area contributed by atoms with E-state index in [1.165, 1.54) is 11.8 Å². The zero-order valence-electron chi connectivity index (χ0n) is 16.9. The van der Waals surface area contributed by atoms with Gasteiger partial charge in [0.2, 0.25) is 0 Å². The topological polar surface area (TPSA) is 89.8 Å². The third-order valence-corrected chi connectivity index (χ3v) is 5.36. The van der Waals surface area contributed by atoms with Gasteiger partial charge in [-0.25, -0.2) is 9.79 Å². The molecule has 0 aliphatic carbocycles. The first kappa shape index (κ1) is 21.5. The van der Waals surface area contributed by atoms with E-state index in [4.69, 9.17) is 10.00 Å². The molecule has 8 heteroatoms. The molecule has 0 saturated carbocycles. The fourth-order valence-electron chi connectivity index (χ4n) is 3.17. The molecule has 1 saturated heterocycles. The molecule has 156 valence electrons. The monoisotopic (exact) mass is 423 g/mol. The van der Waals surface area contributed by atoms with Crippen LogP contribution in [0.15, 0.2) is 59.6 Å². The highest BCUT2D eigenvalue weighted by atomic mass is 32.2. The summed E-state index contributed by atoms with van der Waals surface area (Å²) >= 11 is 1.38. The smallest absolute Gasteiger partial charge is 0.410 e. The third kappa shape index (κ3) is 6.42. The van der Waals surface area contributed by atoms with Crippen LogP contribution in [0.5, 0.6) is 0 Å². The lowest BCUT2D eigenvalue weighted by Crippen LogP contribution is -2.42. The summed E-state index contributed by atoms with van der Waals surface area (Å²) in [6.07, 6.45) is 5.22. The number of amides is 1. The van der Waals surface area contributed by atoms with Gasteiger partial charge < -0.3 is 15.0 Å². The SMILES string of the molecule is CSC(=Nc1ccc(NC2CCN(C(=O)OCc3ccccc3)CC2)cc1)NC#N. The van der Waals surface area contributed by atoms with E-state index in [0.29, 0.717) is 30.9 Å². The summed E-state index contributed by atoms with van der Waals surface area (Å²) in [6, 6.07) is 17.8. The highest BCUT2D eigenvalue weighted by molar-refractivity contribution is 8.13. The van der Waals surface area contributed by atoms with E-state index in [-0.39, 0.29) is 6.09 Å². The Kier molecular flexibility index (Phi) is 7.98. The molecule has 2 N–H and O–H groups in total. The highest BCUT2D eigenvalue weighted by Crippen LogP contribution is 2.21. The largest absolute Gasteiger partial charge is 0.445 e. The molecule has 7 nitrogen and oxygen atoms in total. The Balaban J connectivity index is 1.44. The molecule has 1 fully saturated rings. The van der Waals surface area contributed by atoms with Crippen LogP contribution in [0.3, 0.4) is 0 Å². The van der Waals surface area contributed by atoms with Crippen LogP contribution < -0.4 is 10.6 Å². The first-order valence-electron chi connectivity index (χ1n) is 9.78. The molecule has 0 atom stereocenters. The number of aliphatic imine (C=N–C) groups is 1. The second-order valence-corrected chi connectivity index (χ2v) is 7.65. The molecule has 0 unspecified atom stereocenters. The number of carbonyl (C=O) groups excluding carboxylic acids is 1. The van der Waals surface area contributed by atoms with Crippen molar-refractivity contribution >= 4 is 34.4 Å². The van der Waals surface area contributed by atoms with Gasteiger partial charge in [-0.3, -0.25) is 5.32 Å². The number of hydrogen-bond acceptors (Lipinski definition) is 6. The number of nitriles is 1. The molecule has 1 aliphatic rings. The molecule has 0 spiro atoms. The standard InChI is InChI=1S/C22H25N5O2S/c1-30-21(24-16-23)26-19-9-7-18(8-10-19)25-20-11-13-27(14-12-20)22(28)29-15-17-5-3-2-4-6-17/h2-10,20,25H,11-15H2,1H3,(H,24,26). The molecular weight excluding hydrogens is 398 g/mol. The van der Waals surface area contributed by atoms with Crippen LogP contribution in [-0.4, -0.2) is 41.5 Å². The van der Waals surface area contributed by atoms with Crippen molar-refractivity contribution < 1.29 is 9.53 Å². The van der Waals surface area contributed by atoms with Crippen LogP contribution in [0.25, 0.3) is 0 Å². The van der Waals surface area contributed by atoms with Gasteiger partial charge in [0.1, 0.15) is 6.61 Å². The predicted molar refractivity (Wildman–Crippen MR) is 121 cm³/mol. The molecular formula is C22H25N5O2S. The Labute approximate surface area is 181 Å². The number of piperidine rings is 1. The lowest BCUT2D eigenvalue weighted by atomic mass is 10.0. The van der Waals surface area contributed by atoms with Crippen LogP contribution in [0.2, 0.25) is 0 Å². The normalized spacial score (nSPS) is 14.7. The fraction of sp³-hybridized carbons (Fsp3) is 0.318. The zero-order valence-corrected chi connectivity index (χ0v) is 17.7. The van der Waals surface area contributed by atoms with E-state index in [1.54, 1.807) is 4.90 Å².